The number of nitrogens with zero attached hydrogens (tertiary/aromatic N) is 3. The second-order valence-corrected chi connectivity index (χ2v) is 7.26. The fourth-order valence-electron chi connectivity index (χ4n) is 2.08. The fourth-order valence-corrected chi connectivity index (χ4v) is 2.08. The molecule has 0 aliphatic rings. The van der Waals surface area contributed by atoms with E-state index in [-0.39, 0.29) is 48.4 Å². The van der Waals surface area contributed by atoms with E-state index in [4.69, 9.17) is 25.2 Å². The molecule has 0 aliphatic carbocycles. The Bertz CT molecular complexity index is 951. The fraction of sp³-hybridized carbons (Fsp3) is 0.409. The van der Waals surface area contributed by atoms with Crippen molar-refractivity contribution in [3.05, 3.63) is 35.4 Å². The van der Waals surface area contributed by atoms with E-state index in [2.05, 4.69) is 15.3 Å². The first-order valence-electron chi connectivity index (χ1n) is 9.87. The summed E-state index contributed by atoms with van der Waals surface area (Å²) in [6.07, 6.45) is 0.531. The van der Waals surface area contributed by atoms with Crippen LogP contribution in [0.2, 0.25) is 0 Å². The van der Waals surface area contributed by atoms with Gasteiger partial charge in [0.25, 0.3) is 0 Å². The van der Waals surface area contributed by atoms with Gasteiger partial charge in [0.2, 0.25) is 12.3 Å². The summed E-state index contributed by atoms with van der Waals surface area (Å²) in [5, 5.41) is 11.5. The van der Waals surface area contributed by atoms with Crippen molar-refractivity contribution in [3.8, 4) is 23.3 Å². The summed E-state index contributed by atoms with van der Waals surface area (Å²) >= 11 is 0. The number of carbonyl (C=O) groups excluding carboxylic acids is 2. The average Bonchev–Trinajstić information content (AvgIpc) is 2.76. The molecule has 3 N–H and O–H groups in total. The summed E-state index contributed by atoms with van der Waals surface area (Å²) in [6.45, 7) is 8.16. The average molecular weight is 444 g/mol. The quantitative estimate of drug-likeness (QED) is 0.356. The molecule has 0 aliphatic heterocycles. The normalized spacial score (nSPS) is 10.2. The minimum absolute atomic E-state index is 0.0417. The van der Waals surface area contributed by atoms with Gasteiger partial charge in [0.1, 0.15) is 12.4 Å². The molecule has 0 bridgehead atoms. The molecule has 172 valence electrons. The van der Waals surface area contributed by atoms with Crippen LogP contribution in [0.3, 0.4) is 0 Å². The lowest BCUT2D eigenvalue weighted by atomic mass is 10.1. The summed E-state index contributed by atoms with van der Waals surface area (Å²) in [6, 6.07) is 8.65. The van der Waals surface area contributed by atoms with Crippen molar-refractivity contribution < 1.29 is 23.8 Å². The van der Waals surface area contributed by atoms with Crippen LogP contribution in [-0.4, -0.2) is 54.8 Å². The van der Waals surface area contributed by atoms with Gasteiger partial charge < -0.3 is 25.3 Å². The summed E-state index contributed by atoms with van der Waals surface area (Å²) in [5.74, 6) is -0.665. The molecule has 0 atom stereocenters. The zero-order chi connectivity index (χ0) is 24.1. The zero-order valence-corrected chi connectivity index (χ0v) is 19.0. The minimum Gasteiger partial charge on any atom is -0.475 e. The third-order valence-corrected chi connectivity index (χ3v) is 3.81. The Morgan fingerprint density at radius 3 is 2.56 bits per heavy atom. The molecule has 0 spiro atoms. The number of nitrogens with two attached hydrogens (primary N) is 1. The van der Waals surface area contributed by atoms with Gasteiger partial charge in [-0.05, 0) is 39.8 Å². The Balaban J connectivity index is 0.000000751. The van der Waals surface area contributed by atoms with Crippen molar-refractivity contribution in [2.75, 3.05) is 32.6 Å². The highest BCUT2D eigenvalue weighted by atomic mass is 16.5. The van der Waals surface area contributed by atoms with Crippen LogP contribution in [0.15, 0.2) is 24.3 Å². The number of hydrogen-bond acceptors (Lipinski definition) is 9. The summed E-state index contributed by atoms with van der Waals surface area (Å²) in [5.41, 5.74) is 6.85. The monoisotopic (exact) mass is 443 g/mol. The minimum atomic E-state index is -0.708. The summed E-state index contributed by atoms with van der Waals surface area (Å²) in [4.78, 5) is 30.8. The van der Waals surface area contributed by atoms with Crippen LogP contribution < -0.4 is 15.8 Å². The standard InChI is InChI=1S/C17H17N5O4.C5H12O/c1-2-25-17(24)13-14(19)21-15(12-5-3-4-11(8-12)9-18)22-16(13)26-7-6-20-10-23;1-5(2,3)6-4/h3-5,8,10H,2,6-7H2,1H3,(H,20,23)(H2,19,21,22);1-4H3. The molecule has 0 saturated heterocycles. The Morgan fingerprint density at radius 2 is 2.00 bits per heavy atom. The zero-order valence-electron chi connectivity index (χ0n) is 19.0. The third-order valence-electron chi connectivity index (χ3n) is 3.81. The number of nitrogens with one attached hydrogen (secondary N) is 1. The van der Waals surface area contributed by atoms with Gasteiger partial charge in [-0.3, -0.25) is 4.79 Å². The number of methoxy groups -OCH3 is 1. The highest BCUT2D eigenvalue weighted by molar-refractivity contribution is 5.97. The molecule has 0 fully saturated rings. The first kappa shape index (κ1) is 26.3. The first-order chi connectivity index (χ1) is 15.2. The van der Waals surface area contributed by atoms with E-state index in [1.54, 1.807) is 38.3 Å². The molecule has 2 aromatic rings. The SMILES string of the molecule is CCOC(=O)c1c(N)nc(-c2cccc(C#N)c2)nc1OCCNC=O.COC(C)(C)C. The predicted octanol–water partition coefficient (Wildman–Crippen LogP) is 2.33. The van der Waals surface area contributed by atoms with Crippen LogP contribution in [0.4, 0.5) is 5.82 Å². The van der Waals surface area contributed by atoms with Crippen molar-refractivity contribution in [3.63, 3.8) is 0 Å². The van der Waals surface area contributed by atoms with Gasteiger partial charge in [0.15, 0.2) is 11.4 Å². The van der Waals surface area contributed by atoms with E-state index in [1.165, 1.54) is 0 Å². The number of benzene rings is 1. The van der Waals surface area contributed by atoms with Crippen LogP contribution in [-0.2, 0) is 14.3 Å². The highest BCUT2D eigenvalue weighted by Crippen LogP contribution is 2.27. The predicted molar refractivity (Wildman–Crippen MR) is 119 cm³/mol. The topological polar surface area (TPSA) is 149 Å². The Morgan fingerprint density at radius 1 is 1.31 bits per heavy atom. The molecule has 10 heteroatoms. The number of amides is 1. The molecule has 0 saturated carbocycles. The second kappa shape index (κ2) is 12.9. The number of nitriles is 1. The Labute approximate surface area is 187 Å². The molecular formula is C22H29N5O5. The number of aromatic nitrogens is 2. The van der Waals surface area contributed by atoms with E-state index in [9.17, 15) is 9.59 Å². The number of ether oxygens (including phenoxy) is 3. The maximum atomic E-state index is 12.1. The number of hydrogen-bond donors (Lipinski definition) is 2. The van der Waals surface area contributed by atoms with Crippen molar-refractivity contribution in [2.24, 2.45) is 0 Å². The number of esters is 1. The number of carbonyl (C=O) groups is 2. The van der Waals surface area contributed by atoms with Gasteiger partial charge in [-0.2, -0.15) is 10.2 Å². The number of nitrogen functional groups attached to an aromatic ring is 1. The maximum absolute atomic E-state index is 12.1. The summed E-state index contributed by atoms with van der Waals surface area (Å²) in [7, 11) is 1.71. The molecule has 32 heavy (non-hydrogen) atoms. The van der Waals surface area contributed by atoms with Crippen molar-refractivity contribution in [1.29, 1.82) is 5.26 Å². The van der Waals surface area contributed by atoms with Gasteiger partial charge in [-0.25, -0.2) is 9.78 Å². The number of anilines is 1. The highest BCUT2D eigenvalue weighted by Gasteiger charge is 2.23. The maximum Gasteiger partial charge on any atom is 0.347 e. The lowest BCUT2D eigenvalue weighted by molar-refractivity contribution is -0.109. The third kappa shape index (κ3) is 8.57. The van der Waals surface area contributed by atoms with Crippen molar-refractivity contribution in [2.45, 2.75) is 33.3 Å². The molecule has 1 aromatic carbocycles. The van der Waals surface area contributed by atoms with Crippen LogP contribution in [0.1, 0.15) is 43.6 Å². The van der Waals surface area contributed by atoms with E-state index in [1.807, 2.05) is 26.8 Å². The van der Waals surface area contributed by atoms with Gasteiger partial charge in [-0.1, -0.05) is 12.1 Å². The molecule has 0 radical (unpaired) electrons. The second-order valence-electron chi connectivity index (χ2n) is 7.26. The molecular weight excluding hydrogens is 414 g/mol. The van der Waals surface area contributed by atoms with Crippen LogP contribution in [0, 0.1) is 11.3 Å². The Hall–Kier alpha value is -3.71. The molecule has 10 nitrogen and oxygen atoms in total. The van der Waals surface area contributed by atoms with Gasteiger partial charge in [-0.15, -0.1) is 0 Å². The van der Waals surface area contributed by atoms with Crippen LogP contribution in [0.5, 0.6) is 5.88 Å². The molecule has 0 unspecified atom stereocenters. The van der Waals surface area contributed by atoms with Crippen molar-refractivity contribution >= 4 is 18.2 Å². The molecule has 1 heterocycles. The van der Waals surface area contributed by atoms with Crippen LogP contribution in [0.25, 0.3) is 11.4 Å². The largest absolute Gasteiger partial charge is 0.475 e. The first-order valence-corrected chi connectivity index (χ1v) is 9.87. The lowest BCUT2D eigenvalue weighted by Crippen LogP contribution is -2.21. The van der Waals surface area contributed by atoms with Crippen LogP contribution >= 0.6 is 0 Å². The van der Waals surface area contributed by atoms with Gasteiger partial charge in [0, 0.05) is 12.7 Å². The summed E-state index contributed by atoms with van der Waals surface area (Å²) < 4.78 is 15.4. The number of rotatable bonds is 8. The lowest BCUT2D eigenvalue weighted by Gasteiger charge is -2.14. The van der Waals surface area contributed by atoms with Gasteiger partial charge in [0.05, 0.1) is 30.4 Å². The van der Waals surface area contributed by atoms with E-state index >= 15 is 0 Å². The van der Waals surface area contributed by atoms with E-state index in [0.29, 0.717) is 17.5 Å². The van der Waals surface area contributed by atoms with E-state index in [0.717, 1.165) is 0 Å². The van der Waals surface area contributed by atoms with Crippen molar-refractivity contribution in [1.82, 2.24) is 15.3 Å². The molecule has 1 aromatic heterocycles. The van der Waals surface area contributed by atoms with Gasteiger partial charge >= 0.3 is 5.97 Å². The smallest absolute Gasteiger partial charge is 0.347 e. The van der Waals surface area contributed by atoms with E-state index < -0.39 is 5.97 Å². The molecule has 2 rings (SSSR count). The molecule has 1 amide bonds. The Kier molecular flexibility index (Phi) is 10.6.